The number of carbonyl (C=O) groups is 2. The number of carbonyl (C=O) groups excluding carboxylic acids is 2. The van der Waals surface area contributed by atoms with Gasteiger partial charge < -0.3 is 5.11 Å². The second-order valence-electron chi connectivity index (χ2n) is 9.17. The molecule has 0 radical (unpaired) electrons. The number of phenols is 1. The van der Waals surface area contributed by atoms with E-state index in [0.29, 0.717) is 16.7 Å². The normalized spacial score (nSPS) is 15.1. The Balaban J connectivity index is 2.34. The molecule has 0 fully saturated rings. The molecule has 0 atom stereocenters. The van der Waals surface area contributed by atoms with Crippen molar-refractivity contribution < 1.29 is 14.7 Å². The fourth-order valence-electron chi connectivity index (χ4n) is 3.40. The summed E-state index contributed by atoms with van der Waals surface area (Å²) in [5.41, 5.74) is 2.18. The van der Waals surface area contributed by atoms with E-state index < -0.39 is 0 Å². The average Bonchev–Trinajstić information content (AvgIpc) is 2.59. The number of hydrogen-bond acceptors (Lipinski definition) is 4. The summed E-state index contributed by atoms with van der Waals surface area (Å²) in [5.74, 6) is -0.329. The Labute approximate surface area is 173 Å². The monoisotopic (exact) mass is 441 g/mol. The Bertz CT molecular complexity index is 1000. The van der Waals surface area contributed by atoms with Gasteiger partial charge in [-0.15, -0.1) is 0 Å². The molecule has 146 valence electrons. The van der Waals surface area contributed by atoms with Gasteiger partial charge in [-0.1, -0.05) is 41.5 Å². The molecular formula is C23H24BrNO3. The Kier molecular flexibility index (Phi) is 4.87. The number of hydrogen-bond donors (Lipinski definition) is 1. The smallest absolute Gasteiger partial charge is 0.219 e. The van der Waals surface area contributed by atoms with Gasteiger partial charge in [0.2, 0.25) is 5.78 Å². The number of pyridine rings is 1. The number of allylic oxidation sites excluding steroid dienone is 2. The lowest BCUT2D eigenvalue weighted by Crippen LogP contribution is -2.22. The fraction of sp³-hybridized carbons (Fsp3) is 0.348. The van der Waals surface area contributed by atoms with Crippen molar-refractivity contribution >= 4 is 33.1 Å². The van der Waals surface area contributed by atoms with Crippen LogP contribution in [-0.4, -0.2) is 21.7 Å². The maximum Gasteiger partial charge on any atom is 0.219 e. The van der Waals surface area contributed by atoms with Crippen molar-refractivity contribution in [3.8, 4) is 5.75 Å². The van der Waals surface area contributed by atoms with Gasteiger partial charge in [0, 0.05) is 22.9 Å². The molecular weight excluding hydrogens is 418 g/mol. The summed E-state index contributed by atoms with van der Waals surface area (Å²) < 4.78 is 0.203. The molecule has 1 aromatic carbocycles. The number of Topliss-reactive ketones (excluding diaryl/α,β-unsaturated/α-hetero) is 2. The highest BCUT2D eigenvalue weighted by Gasteiger charge is 2.35. The molecule has 1 N–H and O–H groups in total. The predicted molar refractivity (Wildman–Crippen MR) is 114 cm³/mol. The average molecular weight is 442 g/mol. The third-order valence-corrected chi connectivity index (χ3v) is 5.68. The molecule has 0 saturated carbocycles. The number of ketones is 2. The minimum Gasteiger partial charge on any atom is -0.507 e. The lowest BCUT2D eigenvalue weighted by molar-refractivity contribution is 0.0995. The molecule has 0 saturated heterocycles. The van der Waals surface area contributed by atoms with Crippen molar-refractivity contribution in [2.45, 2.75) is 52.4 Å². The Morgan fingerprint density at radius 3 is 1.96 bits per heavy atom. The Morgan fingerprint density at radius 1 is 0.929 bits per heavy atom. The van der Waals surface area contributed by atoms with Crippen molar-refractivity contribution in [3.63, 3.8) is 0 Å². The third kappa shape index (κ3) is 3.32. The summed E-state index contributed by atoms with van der Waals surface area (Å²) in [6.45, 7) is 12.1. The van der Waals surface area contributed by atoms with Crippen LogP contribution in [0.25, 0.3) is 5.57 Å². The molecule has 5 heteroatoms. The molecule has 0 spiro atoms. The third-order valence-electron chi connectivity index (χ3n) is 4.93. The summed E-state index contributed by atoms with van der Waals surface area (Å²) in [7, 11) is 0. The zero-order valence-corrected chi connectivity index (χ0v) is 18.6. The molecule has 0 amide bonds. The molecule has 0 aliphatic heterocycles. The molecule has 1 aliphatic rings. The molecule has 2 aromatic rings. The minimum absolute atomic E-state index is 0.161. The maximum absolute atomic E-state index is 13.2. The first-order valence-corrected chi connectivity index (χ1v) is 9.96. The Hall–Kier alpha value is -2.27. The van der Waals surface area contributed by atoms with Gasteiger partial charge in [0.15, 0.2) is 5.78 Å². The molecule has 28 heavy (non-hydrogen) atoms. The van der Waals surface area contributed by atoms with E-state index in [4.69, 9.17) is 0 Å². The molecule has 1 heterocycles. The van der Waals surface area contributed by atoms with E-state index >= 15 is 0 Å². The van der Waals surface area contributed by atoms with Crippen LogP contribution in [0.1, 0.15) is 79.1 Å². The van der Waals surface area contributed by atoms with Crippen molar-refractivity contribution in [3.05, 3.63) is 62.9 Å². The molecule has 3 rings (SSSR count). The van der Waals surface area contributed by atoms with Crippen molar-refractivity contribution in [1.82, 2.24) is 4.98 Å². The molecule has 1 aromatic heterocycles. The summed E-state index contributed by atoms with van der Waals surface area (Å²) in [5, 5.41) is 10.9. The highest BCUT2D eigenvalue weighted by Crippen LogP contribution is 2.43. The number of phenolic OH excluding ortho intramolecular Hbond substituents is 1. The number of nitrogens with zero attached hydrogens (tertiary/aromatic N) is 1. The number of benzene rings is 1. The Morgan fingerprint density at radius 2 is 1.46 bits per heavy atom. The summed E-state index contributed by atoms with van der Waals surface area (Å²) >= 11 is 3.34. The highest BCUT2D eigenvalue weighted by molar-refractivity contribution is 9.12. The summed E-state index contributed by atoms with van der Waals surface area (Å²) in [6, 6.07) is 6.90. The van der Waals surface area contributed by atoms with Gasteiger partial charge in [-0.3, -0.25) is 14.6 Å². The zero-order chi connectivity index (χ0) is 21.0. The zero-order valence-electron chi connectivity index (χ0n) is 17.0. The van der Waals surface area contributed by atoms with Crippen LogP contribution < -0.4 is 0 Å². The maximum atomic E-state index is 13.2. The van der Waals surface area contributed by atoms with Gasteiger partial charge in [-0.25, -0.2) is 0 Å². The molecule has 0 bridgehead atoms. The van der Waals surface area contributed by atoms with E-state index in [1.807, 2.05) is 53.7 Å². The molecule has 1 aliphatic carbocycles. The number of aromatic nitrogens is 1. The molecule has 0 unspecified atom stereocenters. The number of aromatic hydroxyl groups is 1. The lowest BCUT2D eigenvalue weighted by atomic mass is 9.76. The van der Waals surface area contributed by atoms with Crippen LogP contribution in [0.4, 0.5) is 0 Å². The van der Waals surface area contributed by atoms with Crippen LogP contribution in [-0.2, 0) is 10.8 Å². The second-order valence-corrected chi connectivity index (χ2v) is 9.96. The van der Waals surface area contributed by atoms with E-state index in [1.165, 1.54) is 6.20 Å². The van der Waals surface area contributed by atoms with Crippen LogP contribution in [0, 0.1) is 0 Å². The van der Waals surface area contributed by atoms with Crippen molar-refractivity contribution in [2.24, 2.45) is 0 Å². The summed E-state index contributed by atoms with van der Waals surface area (Å²) in [6.07, 6.45) is 1.51. The molecule has 4 nitrogen and oxygen atoms in total. The van der Waals surface area contributed by atoms with Gasteiger partial charge >= 0.3 is 0 Å². The van der Waals surface area contributed by atoms with Gasteiger partial charge in [-0.2, -0.15) is 0 Å². The van der Waals surface area contributed by atoms with Crippen molar-refractivity contribution in [2.75, 3.05) is 0 Å². The van der Waals surface area contributed by atoms with Crippen LogP contribution in [0.15, 0.2) is 34.9 Å². The van der Waals surface area contributed by atoms with Gasteiger partial charge in [0.25, 0.3) is 0 Å². The SMILES string of the molecule is CC(C)(C)c1cc(C2=C(Br)C(=O)c3ncccc3C2=O)cc(C(C)(C)C)c1O. The first kappa shape index (κ1) is 20.5. The van der Waals surface area contributed by atoms with Crippen LogP contribution in [0.3, 0.4) is 0 Å². The van der Waals surface area contributed by atoms with Gasteiger partial charge in [0.05, 0.1) is 10.0 Å². The van der Waals surface area contributed by atoms with E-state index in [2.05, 4.69) is 20.9 Å². The predicted octanol–water partition coefficient (Wildman–Crippen LogP) is 5.57. The van der Waals surface area contributed by atoms with E-state index in [0.717, 1.165) is 11.1 Å². The minimum atomic E-state index is -0.339. The van der Waals surface area contributed by atoms with E-state index in [-0.39, 0.29) is 38.3 Å². The van der Waals surface area contributed by atoms with Crippen LogP contribution in [0.5, 0.6) is 5.75 Å². The van der Waals surface area contributed by atoms with E-state index in [1.54, 1.807) is 12.1 Å². The standard InChI is InChI=1S/C23H24BrNO3/c1-22(2,3)14-10-12(11-15(20(14)27)23(4,5)6)16-17(24)21(28)18-13(19(16)26)8-7-9-25-18/h7-11,27H,1-6H3. The van der Waals surface area contributed by atoms with Crippen LogP contribution in [0.2, 0.25) is 0 Å². The number of halogens is 1. The summed E-state index contributed by atoms with van der Waals surface area (Å²) in [4.78, 5) is 30.1. The number of fused-ring (bicyclic) bond motifs is 1. The first-order valence-electron chi connectivity index (χ1n) is 9.16. The highest BCUT2D eigenvalue weighted by atomic mass is 79.9. The first-order chi connectivity index (χ1) is 12.8. The van der Waals surface area contributed by atoms with Crippen molar-refractivity contribution in [1.29, 1.82) is 0 Å². The van der Waals surface area contributed by atoms with Crippen LogP contribution >= 0.6 is 15.9 Å². The largest absolute Gasteiger partial charge is 0.507 e. The van der Waals surface area contributed by atoms with Gasteiger partial charge in [0.1, 0.15) is 11.4 Å². The number of rotatable bonds is 1. The van der Waals surface area contributed by atoms with E-state index in [9.17, 15) is 14.7 Å². The quantitative estimate of drug-likeness (QED) is 0.627. The fourth-order valence-corrected chi connectivity index (χ4v) is 4.00. The topological polar surface area (TPSA) is 67.3 Å². The van der Waals surface area contributed by atoms with Gasteiger partial charge in [-0.05, 0) is 56.6 Å². The second kappa shape index (κ2) is 6.66. The lowest BCUT2D eigenvalue weighted by Gasteiger charge is -2.29.